The number of para-hydroxylation sites is 1. The van der Waals surface area contributed by atoms with Crippen molar-refractivity contribution in [3.63, 3.8) is 0 Å². The fourth-order valence-corrected chi connectivity index (χ4v) is 3.31. The zero-order chi connectivity index (χ0) is 24.1. The minimum Gasteiger partial charge on any atom is -0.497 e. The largest absolute Gasteiger partial charge is 0.497 e. The van der Waals surface area contributed by atoms with E-state index in [9.17, 15) is 14.4 Å². The molecule has 3 rings (SSSR count). The van der Waals surface area contributed by atoms with Crippen molar-refractivity contribution in [3.05, 3.63) is 59.3 Å². The number of carbonyl (C=O) groups is 3. The number of nitrogens with zero attached hydrogens (tertiary/aromatic N) is 2. The second-order valence-electron chi connectivity index (χ2n) is 6.55. The summed E-state index contributed by atoms with van der Waals surface area (Å²) in [5.74, 6) is -1.95. The first-order valence-electron chi connectivity index (χ1n) is 9.61. The van der Waals surface area contributed by atoms with Gasteiger partial charge in [-0.3, -0.25) is 0 Å². The van der Waals surface area contributed by atoms with Gasteiger partial charge in [-0.15, -0.1) is 0 Å². The number of ether oxygens (including phenoxy) is 5. The molecule has 0 aliphatic rings. The van der Waals surface area contributed by atoms with Gasteiger partial charge in [0.1, 0.15) is 22.8 Å². The molecule has 172 valence electrons. The molecular formula is C23H22N2O8. The Balaban J connectivity index is 2.50. The van der Waals surface area contributed by atoms with E-state index in [-0.39, 0.29) is 33.8 Å². The van der Waals surface area contributed by atoms with Gasteiger partial charge in [0.15, 0.2) is 5.69 Å². The van der Waals surface area contributed by atoms with Gasteiger partial charge in [0.25, 0.3) is 0 Å². The molecule has 3 aromatic rings. The van der Waals surface area contributed by atoms with Crippen molar-refractivity contribution in [1.29, 1.82) is 0 Å². The Hall–Kier alpha value is -4.34. The van der Waals surface area contributed by atoms with Gasteiger partial charge in [-0.1, -0.05) is 18.2 Å². The molecule has 1 aromatic heterocycles. The molecule has 0 N–H and O–H groups in total. The maximum atomic E-state index is 12.9. The highest BCUT2D eigenvalue weighted by Crippen LogP contribution is 2.40. The molecule has 2 aromatic carbocycles. The van der Waals surface area contributed by atoms with E-state index in [0.29, 0.717) is 11.4 Å². The summed E-state index contributed by atoms with van der Waals surface area (Å²) in [5.41, 5.74) is 0.173. The molecule has 0 aliphatic carbocycles. The van der Waals surface area contributed by atoms with Crippen molar-refractivity contribution in [2.45, 2.75) is 0 Å². The van der Waals surface area contributed by atoms with Crippen LogP contribution < -0.4 is 9.47 Å². The number of methoxy groups -OCH3 is 5. The van der Waals surface area contributed by atoms with Crippen LogP contribution in [0.3, 0.4) is 0 Å². The van der Waals surface area contributed by atoms with Crippen LogP contribution in [0.5, 0.6) is 11.5 Å². The van der Waals surface area contributed by atoms with Gasteiger partial charge >= 0.3 is 17.9 Å². The lowest BCUT2D eigenvalue weighted by Gasteiger charge is -2.14. The van der Waals surface area contributed by atoms with Crippen molar-refractivity contribution in [2.75, 3.05) is 35.5 Å². The molecule has 0 saturated heterocycles. The number of hydrogen-bond acceptors (Lipinski definition) is 9. The van der Waals surface area contributed by atoms with Crippen LogP contribution in [-0.4, -0.2) is 63.2 Å². The number of rotatable bonds is 7. The highest BCUT2D eigenvalue weighted by atomic mass is 16.5. The smallest absolute Gasteiger partial charge is 0.357 e. The SMILES string of the molecule is COC(=O)c1cc(OC)cc(OC)c1-c1nn(-c2ccccc2)c(C(=O)OC)c1C(=O)OC. The van der Waals surface area contributed by atoms with Crippen LogP contribution in [0.1, 0.15) is 31.2 Å². The molecule has 0 aliphatic heterocycles. The second kappa shape index (κ2) is 9.86. The van der Waals surface area contributed by atoms with Gasteiger partial charge in [0, 0.05) is 6.07 Å². The Kier molecular flexibility index (Phi) is 6.97. The molecule has 1 heterocycles. The summed E-state index contributed by atoms with van der Waals surface area (Å²) in [6, 6.07) is 11.6. The second-order valence-corrected chi connectivity index (χ2v) is 6.55. The van der Waals surface area contributed by atoms with Gasteiger partial charge in [0.2, 0.25) is 0 Å². The van der Waals surface area contributed by atoms with Crippen LogP contribution in [0.2, 0.25) is 0 Å². The minimum absolute atomic E-state index is 0.00739. The predicted octanol–water partition coefficient (Wildman–Crippen LogP) is 2.92. The molecule has 10 nitrogen and oxygen atoms in total. The third kappa shape index (κ3) is 4.22. The Morgan fingerprint density at radius 1 is 0.788 bits per heavy atom. The molecule has 0 unspecified atom stereocenters. The normalized spacial score (nSPS) is 10.3. The van der Waals surface area contributed by atoms with Gasteiger partial charge < -0.3 is 23.7 Å². The van der Waals surface area contributed by atoms with Crippen molar-refractivity contribution < 1.29 is 38.1 Å². The zero-order valence-electron chi connectivity index (χ0n) is 18.7. The monoisotopic (exact) mass is 454 g/mol. The number of hydrogen-bond donors (Lipinski definition) is 0. The van der Waals surface area contributed by atoms with Crippen LogP contribution >= 0.6 is 0 Å². The summed E-state index contributed by atoms with van der Waals surface area (Å²) in [6.45, 7) is 0. The Morgan fingerprint density at radius 2 is 1.42 bits per heavy atom. The first-order valence-corrected chi connectivity index (χ1v) is 9.61. The first-order chi connectivity index (χ1) is 15.9. The summed E-state index contributed by atoms with van der Waals surface area (Å²) >= 11 is 0. The zero-order valence-corrected chi connectivity index (χ0v) is 18.7. The first kappa shape index (κ1) is 23.3. The Bertz CT molecular complexity index is 1200. The number of aromatic nitrogens is 2. The molecule has 33 heavy (non-hydrogen) atoms. The fourth-order valence-electron chi connectivity index (χ4n) is 3.31. The Morgan fingerprint density at radius 3 is 1.97 bits per heavy atom. The van der Waals surface area contributed by atoms with Crippen LogP contribution in [0.15, 0.2) is 42.5 Å². The average Bonchev–Trinajstić information content (AvgIpc) is 3.26. The van der Waals surface area contributed by atoms with E-state index in [4.69, 9.17) is 23.7 Å². The third-order valence-electron chi connectivity index (χ3n) is 4.83. The lowest BCUT2D eigenvalue weighted by Crippen LogP contribution is -2.15. The highest BCUT2D eigenvalue weighted by molar-refractivity contribution is 6.09. The van der Waals surface area contributed by atoms with Crippen LogP contribution in [-0.2, 0) is 14.2 Å². The molecule has 0 fully saturated rings. The van der Waals surface area contributed by atoms with Crippen molar-refractivity contribution in [3.8, 4) is 28.4 Å². The molecule has 10 heteroatoms. The summed E-state index contributed by atoms with van der Waals surface area (Å²) in [7, 11) is 6.36. The molecule has 0 atom stereocenters. The topological polar surface area (TPSA) is 115 Å². The van der Waals surface area contributed by atoms with Crippen LogP contribution in [0, 0.1) is 0 Å². The van der Waals surface area contributed by atoms with E-state index in [0.717, 1.165) is 0 Å². The molecule has 0 radical (unpaired) electrons. The highest BCUT2D eigenvalue weighted by Gasteiger charge is 2.35. The van der Waals surface area contributed by atoms with Crippen LogP contribution in [0.25, 0.3) is 16.9 Å². The third-order valence-corrected chi connectivity index (χ3v) is 4.83. The summed E-state index contributed by atoms with van der Waals surface area (Å²) in [4.78, 5) is 38.4. The van der Waals surface area contributed by atoms with E-state index >= 15 is 0 Å². The molecule has 0 saturated carbocycles. The Labute approximate surface area is 189 Å². The number of benzene rings is 2. The molecule has 0 amide bonds. The van der Waals surface area contributed by atoms with Crippen molar-refractivity contribution >= 4 is 17.9 Å². The van der Waals surface area contributed by atoms with Crippen molar-refractivity contribution in [2.24, 2.45) is 0 Å². The lowest BCUT2D eigenvalue weighted by molar-refractivity contribution is 0.0549. The minimum atomic E-state index is -0.860. The predicted molar refractivity (Wildman–Crippen MR) is 116 cm³/mol. The van der Waals surface area contributed by atoms with E-state index in [1.807, 2.05) is 0 Å². The lowest BCUT2D eigenvalue weighted by atomic mass is 9.98. The summed E-state index contributed by atoms with van der Waals surface area (Å²) in [6.07, 6.45) is 0. The maximum absolute atomic E-state index is 12.9. The molecule has 0 bridgehead atoms. The van der Waals surface area contributed by atoms with Crippen LogP contribution in [0.4, 0.5) is 0 Å². The standard InChI is InChI=1S/C23H22N2O8/c1-29-14-11-15(21(26)31-3)17(16(12-14)30-2)19-18(22(27)32-4)20(23(28)33-5)25(24-19)13-9-7-6-8-10-13/h6-12H,1-5H3. The summed E-state index contributed by atoms with van der Waals surface area (Å²) in [5, 5.41) is 4.52. The van der Waals surface area contributed by atoms with E-state index in [1.54, 1.807) is 30.3 Å². The van der Waals surface area contributed by atoms with E-state index in [2.05, 4.69) is 5.10 Å². The number of carbonyl (C=O) groups excluding carboxylic acids is 3. The van der Waals surface area contributed by atoms with Gasteiger partial charge in [0.05, 0.1) is 52.4 Å². The molecular weight excluding hydrogens is 432 g/mol. The van der Waals surface area contributed by atoms with Crippen molar-refractivity contribution in [1.82, 2.24) is 9.78 Å². The fraction of sp³-hybridized carbons (Fsp3) is 0.217. The van der Waals surface area contributed by atoms with E-state index < -0.39 is 17.9 Å². The number of esters is 3. The van der Waals surface area contributed by atoms with Gasteiger partial charge in [-0.05, 0) is 18.2 Å². The average molecular weight is 454 g/mol. The maximum Gasteiger partial charge on any atom is 0.357 e. The molecule has 0 spiro atoms. The quantitative estimate of drug-likeness (QED) is 0.392. The van der Waals surface area contributed by atoms with E-state index in [1.165, 1.54) is 52.4 Å². The summed E-state index contributed by atoms with van der Waals surface area (Å²) < 4.78 is 26.8. The van der Waals surface area contributed by atoms with Gasteiger partial charge in [-0.25, -0.2) is 19.1 Å². The van der Waals surface area contributed by atoms with Gasteiger partial charge in [-0.2, -0.15) is 5.10 Å².